The highest BCUT2D eigenvalue weighted by molar-refractivity contribution is 5.57. The van der Waals surface area contributed by atoms with Crippen molar-refractivity contribution >= 4 is 11.3 Å². The van der Waals surface area contributed by atoms with Crippen molar-refractivity contribution in [2.45, 2.75) is 19.4 Å². The van der Waals surface area contributed by atoms with Gasteiger partial charge in [-0.05, 0) is 36.8 Å². The zero-order valence-corrected chi connectivity index (χ0v) is 13.9. The first-order chi connectivity index (χ1) is 12.3. The van der Waals surface area contributed by atoms with Crippen LogP contribution in [0.15, 0.2) is 55.1 Å². The zero-order chi connectivity index (χ0) is 16.8. The molecule has 6 heteroatoms. The minimum atomic E-state index is -0.0378. The lowest BCUT2D eigenvalue weighted by Gasteiger charge is -2.34. The molecule has 5 rings (SSSR count). The highest BCUT2D eigenvalue weighted by Gasteiger charge is 2.33. The van der Waals surface area contributed by atoms with Crippen molar-refractivity contribution in [1.29, 1.82) is 0 Å². The Balaban J connectivity index is 1.70. The molecular formula is C19H18N6. The molecule has 0 aromatic carbocycles. The van der Waals surface area contributed by atoms with E-state index in [1.54, 1.807) is 6.33 Å². The van der Waals surface area contributed by atoms with Gasteiger partial charge >= 0.3 is 0 Å². The SMILES string of the molecule is Cc1cccn2nc([C@@H]3c4nc[nH]c4CCN3c3ccccn3)cc12. The van der Waals surface area contributed by atoms with E-state index in [2.05, 4.69) is 38.9 Å². The van der Waals surface area contributed by atoms with Gasteiger partial charge in [-0.15, -0.1) is 0 Å². The standard InChI is InChI=1S/C19H18N6/c1-13-5-4-9-25-16(13)11-15(23-25)19-18-14(21-12-22-18)7-10-24(19)17-6-2-3-8-20-17/h2-6,8-9,11-12,19H,7,10H2,1H3,(H,21,22)/t19-/m1/s1. The van der Waals surface area contributed by atoms with E-state index in [1.807, 2.05) is 41.2 Å². The molecule has 25 heavy (non-hydrogen) atoms. The Morgan fingerprint density at radius 3 is 2.96 bits per heavy atom. The third kappa shape index (κ3) is 2.21. The maximum atomic E-state index is 4.84. The van der Waals surface area contributed by atoms with Crippen LogP contribution in [0.2, 0.25) is 0 Å². The number of nitrogens with zero attached hydrogens (tertiary/aromatic N) is 5. The summed E-state index contributed by atoms with van der Waals surface area (Å²) in [6, 6.07) is 12.3. The Hall–Kier alpha value is -3.15. The van der Waals surface area contributed by atoms with E-state index in [1.165, 1.54) is 11.3 Å². The predicted octanol–water partition coefficient (Wildman–Crippen LogP) is 2.91. The molecule has 1 N–H and O–H groups in total. The molecule has 0 amide bonds. The van der Waals surface area contributed by atoms with Crippen LogP contribution >= 0.6 is 0 Å². The van der Waals surface area contributed by atoms with Crippen molar-refractivity contribution in [2.24, 2.45) is 0 Å². The molecule has 0 unspecified atom stereocenters. The number of pyridine rings is 2. The van der Waals surface area contributed by atoms with Crippen molar-refractivity contribution in [3.05, 3.63) is 77.8 Å². The number of aryl methyl sites for hydroxylation is 1. The fraction of sp³-hybridized carbons (Fsp3) is 0.211. The molecule has 0 fully saturated rings. The van der Waals surface area contributed by atoms with Crippen molar-refractivity contribution in [3.8, 4) is 0 Å². The molecule has 0 saturated heterocycles. The zero-order valence-electron chi connectivity index (χ0n) is 13.9. The average Bonchev–Trinajstić information content (AvgIpc) is 3.29. The lowest BCUT2D eigenvalue weighted by Crippen LogP contribution is -2.37. The molecule has 1 aliphatic rings. The quantitative estimate of drug-likeness (QED) is 0.614. The molecule has 0 saturated carbocycles. The van der Waals surface area contributed by atoms with Crippen molar-refractivity contribution in [3.63, 3.8) is 0 Å². The summed E-state index contributed by atoms with van der Waals surface area (Å²) in [6.45, 7) is 2.99. The number of hydrogen-bond acceptors (Lipinski definition) is 4. The first-order valence-electron chi connectivity index (χ1n) is 8.46. The Morgan fingerprint density at radius 1 is 1.16 bits per heavy atom. The summed E-state index contributed by atoms with van der Waals surface area (Å²) >= 11 is 0. The highest BCUT2D eigenvalue weighted by Crippen LogP contribution is 2.35. The highest BCUT2D eigenvalue weighted by atomic mass is 15.3. The molecule has 0 bridgehead atoms. The summed E-state index contributed by atoms with van der Waals surface area (Å²) in [5.74, 6) is 0.954. The maximum absolute atomic E-state index is 4.84. The molecule has 0 spiro atoms. The first kappa shape index (κ1) is 14.2. The van der Waals surface area contributed by atoms with Crippen molar-refractivity contribution < 1.29 is 0 Å². The Bertz CT molecular complexity index is 1030. The second kappa shape index (κ2) is 5.44. The summed E-state index contributed by atoms with van der Waals surface area (Å²) in [5.41, 5.74) is 5.56. The summed E-state index contributed by atoms with van der Waals surface area (Å²) in [5, 5.41) is 4.84. The smallest absolute Gasteiger partial charge is 0.129 e. The lowest BCUT2D eigenvalue weighted by molar-refractivity contribution is 0.610. The number of anilines is 1. The second-order valence-electron chi connectivity index (χ2n) is 6.39. The minimum absolute atomic E-state index is 0.0378. The number of H-pyrrole nitrogens is 1. The summed E-state index contributed by atoms with van der Waals surface area (Å²) in [7, 11) is 0. The normalized spacial score (nSPS) is 17.0. The van der Waals surface area contributed by atoms with Gasteiger partial charge < -0.3 is 9.88 Å². The van der Waals surface area contributed by atoms with Gasteiger partial charge in [-0.3, -0.25) is 0 Å². The van der Waals surface area contributed by atoms with Gasteiger partial charge in [0.15, 0.2) is 0 Å². The lowest BCUT2D eigenvalue weighted by atomic mass is 9.99. The number of aromatic nitrogens is 5. The monoisotopic (exact) mass is 330 g/mol. The molecule has 4 aromatic rings. The number of rotatable bonds is 2. The topological polar surface area (TPSA) is 62.1 Å². The van der Waals surface area contributed by atoms with Gasteiger partial charge in [-0.1, -0.05) is 12.1 Å². The van der Waals surface area contributed by atoms with Gasteiger partial charge in [0.1, 0.15) is 11.9 Å². The van der Waals surface area contributed by atoms with Gasteiger partial charge in [0.25, 0.3) is 0 Å². The number of aromatic amines is 1. The minimum Gasteiger partial charge on any atom is -0.348 e. The largest absolute Gasteiger partial charge is 0.348 e. The van der Waals surface area contributed by atoms with Crippen LogP contribution < -0.4 is 4.90 Å². The Labute approximate surface area is 145 Å². The van der Waals surface area contributed by atoms with Crippen LogP contribution in [0.25, 0.3) is 5.52 Å². The third-order valence-corrected chi connectivity index (χ3v) is 4.88. The molecule has 1 aliphatic heterocycles. The van der Waals surface area contributed by atoms with Gasteiger partial charge in [-0.25, -0.2) is 14.5 Å². The molecule has 4 aromatic heterocycles. The molecule has 0 aliphatic carbocycles. The molecule has 5 heterocycles. The number of nitrogens with one attached hydrogen (secondary N) is 1. The maximum Gasteiger partial charge on any atom is 0.129 e. The summed E-state index contributed by atoms with van der Waals surface area (Å²) < 4.78 is 1.95. The Morgan fingerprint density at radius 2 is 2.12 bits per heavy atom. The fourth-order valence-corrected chi connectivity index (χ4v) is 3.66. The number of imidazole rings is 1. The summed E-state index contributed by atoms with van der Waals surface area (Å²) in [6.07, 6.45) is 6.53. The van der Waals surface area contributed by atoms with Crippen LogP contribution in [0, 0.1) is 6.92 Å². The van der Waals surface area contributed by atoms with Gasteiger partial charge in [0.2, 0.25) is 0 Å². The summed E-state index contributed by atoms with van der Waals surface area (Å²) in [4.78, 5) is 14.7. The van der Waals surface area contributed by atoms with E-state index in [0.29, 0.717) is 0 Å². The first-order valence-corrected chi connectivity index (χ1v) is 8.46. The average molecular weight is 330 g/mol. The van der Waals surface area contributed by atoms with E-state index in [4.69, 9.17) is 5.10 Å². The van der Waals surface area contributed by atoms with E-state index in [-0.39, 0.29) is 6.04 Å². The second-order valence-corrected chi connectivity index (χ2v) is 6.39. The van der Waals surface area contributed by atoms with Crippen LogP contribution in [0.1, 0.15) is 28.7 Å². The fourth-order valence-electron chi connectivity index (χ4n) is 3.66. The molecule has 0 radical (unpaired) electrons. The van der Waals surface area contributed by atoms with Crippen molar-refractivity contribution in [1.82, 2.24) is 24.6 Å². The molecular weight excluding hydrogens is 312 g/mol. The third-order valence-electron chi connectivity index (χ3n) is 4.88. The van der Waals surface area contributed by atoms with E-state index in [9.17, 15) is 0 Å². The Kier molecular flexibility index (Phi) is 3.09. The van der Waals surface area contributed by atoms with Crippen LogP contribution in [0.3, 0.4) is 0 Å². The van der Waals surface area contributed by atoms with E-state index in [0.717, 1.165) is 35.7 Å². The predicted molar refractivity (Wildman–Crippen MR) is 95.6 cm³/mol. The van der Waals surface area contributed by atoms with Gasteiger partial charge in [0.05, 0.1) is 23.2 Å². The molecule has 6 nitrogen and oxygen atoms in total. The van der Waals surface area contributed by atoms with Crippen molar-refractivity contribution in [2.75, 3.05) is 11.4 Å². The van der Waals surface area contributed by atoms with Crippen LogP contribution in [-0.2, 0) is 6.42 Å². The van der Waals surface area contributed by atoms with E-state index >= 15 is 0 Å². The van der Waals surface area contributed by atoms with Gasteiger partial charge in [-0.2, -0.15) is 5.10 Å². The van der Waals surface area contributed by atoms with Crippen LogP contribution in [0.5, 0.6) is 0 Å². The number of hydrogen-bond donors (Lipinski definition) is 1. The molecule has 124 valence electrons. The van der Waals surface area contributed by atoms with Crippen LogP contribution in [-0.4, -0.2) is 31.1 Å². The number of fused-ring (bicyclic) bond motifs is 2. The van der Waals surface area contributed by atoms with Crippen LogP contribution in [0.4, 0.5) is 5.82 Å². The van der Waals surface area contributed by atoms with Gasteiger partial charge in [0, 0.05) is 31.1 Å². The molecule has 1 atom stereocenters. The van der Waals surface area contributed by atoms with E-state index < -0.39 is 0 Å².